The molecule has 1 fully saturated rings. The van der Waals surface area contributed by atoms with E-state index in [1.165, 1.54) is 18.4 Å². The minimum absolute atomic E-state index is 0.594. The second kappa shape index (κ2) is 7.97. The summed E-state index contributed by atoms with van der Waals surface area (Å²) < 4.78 is 11.1. The molecule has 0 heterocycles. The van der Waals surface area contributed by atoms with Gasteiger partial charge in [-0.05, 0) is 37.0 Å². The van der Waals surface area contributed by atoms with Crippen molar-refractivity contribution in [3.63, 3.8) is 0 Å². The molecule has 1 aliphatic carbocycles. The molecule has 0 aliphatic heterocycles. The first-order chi connectivity index (χ1) is 9.38. The smallest absolute Gasteiger partial charge is 0.119 e. The van der Waals surface area contributed by atoms with Crippen molar-refractivity contribution in [2.45, 2.75) is 31.8 Å². The number of hydrogen-bond acceptors (Lipinski definition) is 3. The maximum atomic E-state index is 5.67. The van der Waals surface area contributed by atoms with E-state index in [-0.39, 0.29) is 0 Å². The number of rotatable bonds is 10. The zero-order valence-electron chi connectivity index (χ0n) is 11.4. The van der Waals surface area contributed by atoms with Gasteiger partial charge in [-0.15, -0.1) is 6.58 Å². The Balaban J connectivity index is 1.64. The van der Waals surface area contributed by atoms with E-state index in [0.717, 1.165) is 31.4 Å². The summed E-state index contributed by atoms with van der Waals surface area (Å²) in [6, 6.07) is 8.99. The Morgan fingerprint density at radius 3 is 2.95 bits per heavy atom. The van der Waals surface area contributed by atoms with Crippen LogP contribution in [0.15, 0.2) is 36.9 Å². The lowest BCUT2D eigenvalue weighted by molar-refractivity contribution is 0.103. The highest BCUT2D eigenvalue weighted by Crippen LogP contribution is 2.20. The van der Waals surface area contributed by atoms with Gasteiger partial charge < -0.3 is 14.8 Å². The largest absolute Gasteiger partial charge is 0.491 e. The van der Waals surface area contributed by atoms with E-state index in [9.17, 15) is 0 Å². The molecule has 0 saturated heterocycles. The fourth-order valence-electron chi connectivity index (χ4n) is 1.78. The van der Waals surface area contributed by atoms with Gasteiger partial charge in [-0.2, -0.15) is 0 Å². The van der Waals surface area contributed by atoms with Crippen LogP contribution < -0.4 is 10.1 Å². The Kier molecular flexibility index (Phi) is 5.92. The van der Waals surface area contributed by atoms with Crippen molar-refractivity contribution in [1.29, 1.82) is 0 Å². The molecular formula is C16H23NO2. The summed E-state index contributed by atoms with van der Waals surface area (Å²) >= 11 is 0. The van der Waals surface area contributed by atoms with Crippen LogP contribution in [0.4, 0.5) is 0 Å². The van der Waals surface area contributed by atoms with Gasteiger partial charge in [-0.3, -0.25) is 0 Å². The Morgan fingerprint density at radius 2 is 2.16 bits per heavy atom. The van der Waals surface area contributed by atoms with Crippen molar-refractivity contribution in [2.24, 2.45) is 0 Å². The van der Waals surface area contributed by atoms with Gasteiger partial charge in [0.05, 0.1) is 13.2 Å². The maximum Gasteiger partial charge on any atom is 0.119 e. The lowest BCUT2D eigenvalue weighted by atomic mass is 10.2. The normalized spacial score (nSPS) is 14.3. The van der Waals surface area contributed by atoms with Gasteiger partial charge in [0.2, 0.25) is 0 Å². The van der Waals surface area contributed by atoms with E-state index < -0.39 is 0 Å². The standard InChI is InChI=1S/C16H23NO2/c1-2-3-9-18-10-11-19-16-6-4-5-14(12-16)13-17-15-7-8-15/h2,4-6,12,15,17H,1,3,7-11,13H2. The Bertz CT molecular complexity index is 388. The van der Waals surface area contributed by atoms with Crippen LogP contribution in [0, 0.1) is 0 Å². The minimum atomic E-state index is 0.594. The molecule has 19 heavy (non-hydrogen) atoms. The molecule has 0 unspecified atom stereocenters. The number of benzene rings is 1. The number of nitrogens with one attached hydrogen (secondary N) is 1. The van der Waals surface area contributed by atoms with Crippen LogP contribution in [0.2, 0.25) is 0 Å². The predicted octanol–water partition coefficient (Wildman–Crippen LogP) is 2.91. The van der Waals surface area contributed by atoms with Crippen LogP contribution in [-0.2, 0) is 11.3 Å². The van der Waals surface area contributed by atoms with Crippen LogP contribution in [-0.4, -0.2) is 25.9 Å². The fraction of sp³-hybridized carbons (Fsp3) is 0.500. The zero-order valence-corrected chi connectivity index (χ0v) is 11.4. The van der Waals surface area contributed by atoms with E-state index in [4.69, 9.17) is 9.47 Å². The van der Waals surface area contributed by atoms with Crippen LogP contribution in [0.1, 0.15) is 24.8 Å². The molecule has 3 heteroatoms. The van der Waals surface area contributed by atoms with E-state index in [0.29, 0.717) is 13.2 Å². The maximum absolute atomic E-state index is 5.67. The summed E-state index contributed by atoms with van der Waals surface area (Å²) in [7, 11) is 0. The topological polar surface area (TPSA) is 30.5 Å². The monoisotopic (exact) mass is 261 g/mol. The van der Waals surface area contributed by atoms with E-state index in [2.05, 4.69) is 24.0 Å². The van der Waals surface area contributed by atoms with Crippen molar-refractivity contribution >= 4 is 0 Å². The molecule has 104 valence electrons. The molecule has 0 amide bonds. The second-order valence-electron chi connectivity index (χ2n) is 4.84. The number of ether oxygens (including phenoxy) is 2. The third-order valence-corrected chi connectivity index (χ3v) is 3.03. The first-order valence-corrected chi connectivity index (χ1v) is 7.02. The quantitative estimate of drug-likeness (QED) is 0.519. The second-order valence-corrected chi connectivity index (χ2v) is 4.84. The number of hydrogen-bond donors (Lipinski definition) is 1. The summed E-state index contributed by atoms with van der Waals surface area (Å²) in [5, 5.41) is 3.50. The average Bonchev–Trinajstić information content (AvgIpc) is 3.25. The van der Waals surface area contributed by atoms with Crippen LogP contribution >= 0.6 is 0 Å². The highest BCUT2D eigenvalue weighted by atomic mass is 16.5. The van der Waals surface area contributed by atoms with Gasteiger partial charge >= 0.3 is 0 Å². The fourth-order valence-corrected chi connectivity index (χ4v) is 1.78. The van der Waals surface area contributed by atoms with Gasteiger partial charge in [0.1, 0.15) is 12.4 Å². The predicted molar refractivity (Wildman–Crippen MR) is 77.4 cm³/mol. The summed E-state index contributed by atoms with van der Waals surface area (Å²) in [6.45, 7) is 6.52. The lowest BCUT2D eigenvalue weighted by Gasteiger charge is -2.09. The molecule has 1 N–H and O–H groups in total. The van der Waals surface area contributed by atoms with Gasteiger partial charge in [-0.1, -0.05) is 18.2 Å². The van der Waals surface area contributed by atoms with Crippen LogP contribution in [0.5, 0.6) is 5.75 Å². The third-order valence-electron chi connectivity index (χ3n) is 3.03. The Labute approximate surface area is 115 Å². The molecule has 0 bridgehead atoms. The molecule has 1 aromatic carbocycles. The lowest BCUT2D eigenvalue weighted by Crippen LogP contribution is -2.15. The van der Waals surface area contributed by atoms with Gasteiger partial charge in [0.15, 0.2) is 0 Å². The SMILES string of the molecule is C=CCCOCCOc1cccc(CNC2CC2)c1. The van der Waals surface area contributed by atoms with E-state index >= 15 is 0 Å². The molecule has 3 nitrogen and oxygen atoms in total. The first-order valence-electron chi connectivity index (χ1n) is 7.02. The highest BCUT2D eigenvalue weighted by molar-refractivity contribution is 5.28. The van der Waals surface area contributed by atoms with Crippen molar-refractivity contribution in [3.05, 3.63) is 42.5 Å². The first kappa shape index (κ1) is 14.1. The van der Waals surface area contributed by atoms with Crippen molar-refractivity contribution < 1.29 is 9.47 Å². The van der Waals surface area contributed by atoms with E-state index in [1.54, 1.807) is 0 Å². The highest BCUT2D eigenvalue weighted by Gasteiger charge is 2.19. The third kappa shape index (κ3) is 5.90. The Morgan fingerprint density at radius 1 is 1.26 bits per heavy atom. The van der Waals surface area contributed by atoms with Gasteiger partial charge in [-0.25, -0.2) is 0 Å². The van der Waals surface area contributed by atoms with Crippen molar-refractivity contribution in [3.8, 4) is 5.75 Å². The van der Waals surface area contributed by atoms with E-state index in [1.807, 2.05) is 18.2 Å². The summed E-state index contributed by atoms with van der Waals surface area (Å²) in [5.41, 5.74) is 1.27. The molecule has 0 spiro atoms. The molecule has 0 radical (unpaired) electrons. The van der Waals surface area contributed by atoms with Crippen molar-refractivity contribution in [2.75, 3.05) is 19.8 Å². The molecule has 0 aromatic heterocycles. The van der Waals surface area contributed by atoms with Crippen LogP contribution in [0.25, 0.3) is 0 Å². The minimum Gasteiger partial charge on any atom is -0.491 e. The molecule has 2 rings (SSSR count). The molecule has 1 saturated carbocycles. The van der Waals surface area contributed by atoms with Crippen LogP contribution in [0.3, 0.4) is 0 Å². The molecule has 0 atom stereocenters. The average molecular weight is 261 g/mol. The summed E-state index contributed by atoms with van der Waals surface area (Å²) in [5.74, 6) is 0.919. The van der Waals surface area contributed by atoms with Gasteiger partial charge in [0, 0.05) is 12.6 Å². The summed E-state index contributed by atoms with van der Waals surface area (Å²) in [4.78, 5) is 0. The zero-order chi connectivity index (χ0) is 13.3. The molecule has 1 aromatic rings. The molecule has 1 aliphatic rings. The molecular weight excluding hydrogens is 238 g/mol. The summed E-state index contributed by atoms with van der Waals surface area (Å²) in [6.07, 6.45) is 5.38. The van der Waals surface area contributed by atoms with Crippen molar-refractivity contribution in [1.82, 2.24) is 5.32 Å². The Hall–Kier alpha value is -1.32. The van der Waals surface area contributed by atoms with Gasteiger partial charge in [0.25, 0.3) is 0 Å².